The average molecular weight is 336 g/mol. The van der Waals surface area contributed by atoms with Gasteiger partial charge in [0.05, 0.1) is 7.11 Å². The zero-order valence-corrected chi connectivity index (χ0v) is 15.2. The normalized spacial score (nSPS) is 21.7. The molecule has 1 unspecified atom stereocenters. The lowest BCUT2D eigenvalue weighted by molar-refractivity contribution is 0.0831. The number of hydrogen-bond donors (Lipinski definition) is 0. The molecule has 0 aromatic heterocycles. The summed E-state index contributed by atoms with van der Waals surface area (Å²) in [6, 6.07) is 18.0. The predicted molar refractivity (Wildman–Crippen MR) is 102 cm³/mol. The fraction of sp³-hybridized carbons (Fsp3) is 0.455. The molecule has 1 atom stereocenters. The van der Waals surface area contributed by atoms with Crippen LogP contribution in [0.25, 0.3) is 0 Å². The molecule has 2 aromatic carbocycles. The molecular weight excluding hydrogens is 308 g/mol. The molecule has 2 aliphatic rings. The predicted octanol–water partition coefficient (Wildman–Crippen LogP) is 3.72. The van der Waals surface area contributed by atoms with E-state index in [1.807, 2.05) is 0 Å². The van der Waals surface area contributed by atoms with E-state index >= 15 is 0 Å². The third kappa shape index (κ3) is 3.73. The number of likely N-dealkylation sites (tertiary alicyclic amines) is 1. The van der Waals surface area contributed by atoms with Crippen molar-refractivity contribution in [3.05, 3.63) is 65.2 Å². The molecule has 0 spiro atoms. The molecule has 4 rings (SSSR count). The monoisotopic (exact) mass is 336 g/mol. The van der Waals surface area contributed by atoms with Crippen molar-refractivity contribution in [2.75, 3.05) is 26.7 Å². The van der Waals surface area contributed by atoms with E-state index in [4.69, 9.17) is 4.74 Å². The number of benzene rings is 2. The minimum absolute atomic E-state index is 0.663. The van der Waals surface area contributed by atoms with Gasteiger partial charge in [-0.1, -0.05) is 42.5 Å². The van der Waals surface area contributed by atoms with Crippen LogP contribution in [0.1, 0.15) is 29.5 Å². The van der Waals surface area contributed by atoms with Gasteiger partial charge in [-0.3, -0.25) is 9.80 Å². The minimum Gasteiger partial charge on any atom is -0.496 e. The highest BCUT2D eigenvalue weighted by molar-refractivity contribution is 5.41. The maximum atomic E-state index is 5.61. The number of nitrogens with zero attached hydrogens (tertiary/aromatic N) is 2. The molecule has 2 heterocycles. The molecule has 0 bridgehead atoms. The largest absolute Gasteiger partial charge is 0.496 e. The van der Waals surface area contributed by atoms with Gasteiger partial charge in [-0.2, -0.15) is 0 Å². The van der Waals surface area contributed by atoms with Crippen LogP contribution in [0.15, 0.2) is 48.5 Å². The summed E-state index contributed by atoms with van der Waals surface area (Å²) in [6.45, 7) is 5.68. The Hall–Kier alpha value is -1.84. The molecule has 2 aliphatic heterocycles. The van der Waals surface area contributed by atoms with Crippen LogP contribution >= 0.6 is 0 Å². The van der Waals surface area contributed by atoms with Gasteiger partial charge in [0.2, 0.25) is 0 Å². The van der Waals surface area contributed by atoms with E-state index in [0.717, 1.165) is 25.3 Å². The van der Waals surface area contributed by atoms with Gasteiger partial charge < -0.3 is 4.74 Å². The second-order valence-electron chi connectivity index (χ2n) is 7.34. The Labute approximate surface area is 151 Å². The Bertz CT molecular complexity index is 686. The number of hydrogen-bond acceptors (Lipinski definition) is 3. The summed E-state index contributed by atoms with van der Waals surface area (Å²) in [4.78, 5) is 5.31. The molecule has 25 heavy (non-hydrogen) atoms. The van der Waals surface area contributed by atoms with Crippen molar-refractivity contribution in [2.24, 2.45) is 0 Å². The lowest BCUT2D eigenvalue weighted by Crippen LogP contribution is -2.49. The summed E-state index contributed by atoms with van der Waals surface area (Å²) in [6.07, 6.45) is 3.75. The first-order chi connectivity index (χ1) is 12.3. The number of fused-ring (bicyclic) bond motifs is 1. The molecule has 0 aliphatic carbocycles. The van der Waals surface area contributed by atoms with Crippen LogP contribution in [0.5, 0.6) is 5.75 Å². The summed E-state index contributed by atoms with van der Waals surface area (Å²) in [5, 5.41) is 0. The van der Waals surface area contributed by atoms with E-state index in [0.29, 0.717) is 6.04 Å². The molecule has 1 fully saturated rings. The van der Waals surface area contributed by atoms with Gasteiger partial charge in [0.25, 0.3) is 0 Å². The Kier molecular flexibility index (Phi) is 5.04. The lowest BCUT2D eigenvalue weighted by atomic mass is 9.95. The topological polar surface area (TPSA) is 15.7 Å². The quantitative estimate of drug-likeness (QED) is 0.846. The summed E-state index contributed by atoms with van der Waals surface area (Å²) in [7, 11) is 1.79. The highest BCUT2D eigenvalue weighted by atomic mass is 16.5. The van der Waals surface area contributed by atoms with Gasteiger partial charge >= 0.3 is 0 Å². The van der Waals surface area contributed by atoms with Crippen LogP contribution in [0.3, 0.4) is 0 Å². The Morgan fingerprint density at radius 3 is 2.76 bits per heavy atom. The SMILES string of the molecule is COc1cccc2c1CN(C1CCCN(Cc3ccccc3)C1)CC2. The van der Waals surface area contributed by atoms with Gasteiger partial charge in [0.1, 0.15) is 5.75 Å². The summed E-state index contributed by atoms with van der Waals surface area (Å²) >= 11 is 0. The summed E-state index contributed by atoms with van der Waals surface area (Å²) < 4.78 is 5.61. The fourth-order valence-corrected chi connectivity index (χ4v) is 4.39. The number of rotatable bonds is 4. The Morgan fingerprint density at radius 2 is 1.92 bits per heavy atom. The average Bonchev–Trinajstić information content (AvgIpc) is 2.68. The van der Waals surface area contributed by atoms with Crippen molar-refractivity contribution in [1.29, 1.82) is 0 Å². The number of methoxy groups -OCH3 is 1. The Morgan fingerprint density at radius 1 is 1.04 bits per heavy atom. The molecular formula is C22H28N2O. The van der Waals surface area contributed by atoms with E-state index in [1.165, 1.54) is 49.2 Å². The first-order valence-corrected chi connectivity index (χ1v) is 9.48. The van der Waals surface area contributed by atoms with E-state index in [9.17, 15) is 0 Å². The van der Waals surface area contributed by atoms with Crippen LogP contribution in [0.2, 0.25) is 0 Å². The number of piperidine rings is 1. The minimum atomic E-state index is 0.663. The summed E-state index contributed by atoms with van der Waals surface area (Å²) in [5.74, 6) is 1.05. The van der Waals surface area contributed by atoms with E-state index < -0.39 is 0 Å². The molecule has 1 saturated heterocycles. The van der Waals surface area contributed by atoms with Crippen molar-refractivity contribution in [3.63, 3.8) is 0 Å². The highest BCUT2D eigenvalue weighted by Crippen LogP contribution is 2.30. The molecule has 0 amide bonds. The van der Waals surface area contributed by atoms with Crippen LogP contribution < -0.4 is 4.74 Å². The molecule has 132 valence electrons. The molecule has 3 heteroatoms. The molecule has 3 nitrogen and oxygen atoms in total. The smallest absolute Gasteiger partial charge is 0.123 e. The first kappa shape index (κ1) is 16.6. The second-order valence-corrected chi connectivity index (χ2v) is 7.34. The van der Waals surface area contributed by atoms with Crippen LogP contribution in [0.4, 0.5) is 0 Å². The standard InChI is InChI=1S/C22H28N2O/c1-25-22-11-5-9-19-12-14-24(17-21(19)22)20-10-6-13-23(16-20)15-18-7-3-2-4-8-18/h2-5,7-9,11,20H,6,10,12-17H2,1H3. The van der Waals surface area contributed by atoms with Crippen LogP contribution in [-0.4, -0.2) is 42.6 Å². The lowest BCUT2D eigenvalue weighted by Gasteiger charge is -2.41. The maximum absolute atomic E-state index is 5.61. The molecule has 2 aromatic rings. The molecule has 0 N–H and O–H groups in total. The zero-order chi connectivity index (χ0) is 17.1. The maximum Gasteiger partial charge on any atom is 0.123 e. The Balaban J connectivity index is 1.43. The van der Waals surface area contributed by atoms with E-state index in [1.54, 1.807) is 7.11 Å². The fourth-order valence-electron chi connectivity index (χ4n) is 4.39. The number of ether oxygens (including phenoxy) is 1. The van der Waals surface area contributed by atoms with Gasteiger partial charge in [-0.15, -0.1) is 0 Å². The van der Waals surface area contributed by atoms with Gasteiger partial charge in [-0.25, -0.2) is 0 Å². The van der Waals surface area contributed by atoms with Crippen molar-refractivity contribution in [2.45, 2.75) is 38.4 Å². The third-order valence-electron chi connectivity index (χ3n) is 5.73. The van der Waals surface area contributed by atoms with E-state index in [-0.39, 0.29) is 0 Å². The zero-order valence-electron chi connectivity index (χ0n) is 15.2. The van der Waals surface area contributed by atoms with Crippen molar-refractivity contribution < 1.29 is 4.74 Å². The third-order valence-corrected chi connectivity index (χ3v) is 5.73. The van der Waals surface area contributed by atoms with Gasteiger partial charge in [-0.05, 0) is 43.0 Å². The van der Waals surface area contributed by atoms with Crippen molar-refractivity contribution in [1.82, 2.24) is 9.80 Å². The first-order valence-electron chi connectivity index (χ1n) is 9.48. The highest BCUT2D eigenvalue weighted by Gasteiger charge is 2.29. The van der Waals surface area contributed by atoms with Gasteiger partial charge in [0.15, 0.2) is 0 Å². The summed E-state index contributed by atoms with van der Waals surface area (Å²) in [5.41, 5.74) is 4.29. The second kappa shape index (κ2) is 7.59. The molecule has 0 saturated carbocycles. The van der Waals surface area contributed by atoms with Crippen LogP contribution in [-0.2, 0) is 19.5 Å². The van der Waals surface area contributed by atoms with Gasteiger partial charge in [0, 0.05) is 37.8 Å². The van der Waals surface area contributed by atoms with E-state index in [2.05, 4.69) is 58.3 Å². The molecule has 0 radical (unpaired) electrons. The van der Waals surface area contributed by atoms with Crippen molar-refractivity contribution in [3.8, 4) is 5.75 Å². The van der Waals surface area contributed by atoms with Crippen molar-refractivity contribution >= 4 is 0 Å². The van der Waals surface area contributed by atoms with Crippen LogP contribution in [0, 0.1) is 0 Å².